The van der Waals surface area contributed by atoms with Gasteiger partial charge in [-0.25, -0.2) is 8.42 Å². The molecule has 0 aliphatic carbocycles. The maximum atomic E-state index is 13.1. The van der Waals surface area contributed by atoms with E-state index in [0.29, 0.717) is 29.4 Å². The number of alkyl halides is 3. The topological polar surface area (TPSA) is 134 Å². The minimum absolute atomic E-state index is 0.0944. The normalized spacial score (nSPS) is 12.7. The zero-order chi connectivity index (χ0) is 31.4. The number of hydrogen-bond acceptors (Lipinski definition) is 6. The summed E-state index contributed by atoms with van der Waals surface area (Å²) in [6.45, 7) is 3.54. The van der Waals surface area contributed by atoms with E-state index >= 15 is 0 Å². The van der Waals surface area contributed by atoms with Crippen LogP contribution in [0.5, 0.6) is 0 Å². The molecule has 4 N–H and O–H groups in total. The lowest BCUT2D eigenvalue weighted by Crippen LogP contribution is -2.48. The van der Waals surface area contributed by atoms with Crippen molar-refractivity contribution < 1.29 is 36.4 Å². The molecule has 1 aromatic heterocycles. The molecule has 43 heavy (non-hydrogen) atoms. The standard InChI is InChI=1S/C29H30BF3N4O5S/c1-19(2)14-27(30(39)40)34-28(38)18-37-26(20-8-4-3-5-9-20)17-25(35-37)21-10-6-12-23(15-21)36-43(41,42)24-13-7-11-22(16-24)29(31,32)33/h3-13,15-17,19,27,36,39-40H,14,18H2,1-2H3,(H,34,38)/t27-/m0/s1. The van der Waals surface area contributed by atoms with Crippen molar-refractivity contribution in [1.82, 2.24) is 15.1 Å². The summed E-state index contributed by atoms with van der Waals surface area (Å²) in [6, 6.07) is 20.4. The van der Waals surface area contributed by atoms with Gasteiger partial charge in [-0.15, -0.1) is 0 Å². The number of benzene rings is 3. The fourth-order valence-electron chi connectivity index (χ4n) is 4.47. The highest BCUT2D eigenvalue weighted by molar-refractivity contribution is 7.92. The summed E-state index contributed by atoms with van der Waals surface area (Å²) in [6.07, 6.45) is -4.35. The van der Waals surface area contributed by atoms with Crippen molar-refractivity contribution >= 4 is 28.7 Å². The Morgan fingerprint density at radius 1 is 0.953 bits per heavy atom. The first-order valence-corrected chi connectivity index (χ1v) is 14.8. The molecule has 0 unspecified atom stereocenters. The first kappa shape index (κ1) is 31.8. The van der Waals surface area contributed by atoms with E-state index in [1.54, 1.807) is 18.2 Å². The quantitative estimate of drug-likeness (QED) is 0.183. The van der Waals surface area contributed by atoms with Crippen LogP contribution < -0.4 is 10.0 Å². The summed E-state index contributed by atoms with van der Waals surface area (Å²) in [5.74, 6) is -1.26. The van der Waals surface area contributed by atoms with Crippen LogP contribution in [0.15, 0.2) is 89.8 Å². The molecule has 0 fully saturated rings. The Hall–Kier alpha value is -4.14. The largest absolute Gasteiger partial charge is 0.475 e. The molecular weight excluding hydrogens is 584 g/mol. The monoisotopic (exact) mass is 614 g/mol. The van der Waals surface area contributed by atoms with E-state index in [9.17, 15) is 36.4 Å². The summed E-state index contributed by atoms with van der Waals surface area (Å²) in [5.41, 5.74) is 1.20. The van der Waals surface area contributed by atoms with Gasteiger partial charge in [0, 0.05) is 11.3 Å². The lowest BCUT2D eigenvalue weighted by atomic mass is 9.75. The molecule has 3 aromatic carbocycles. The fraction of sp³-hybridized carbons (Fsp3) is 0.241. The number of anilines is 1. The molecule has 0 saturated carbocycles. The van der Waals surface area contributed by atoms with Crippen molar-refractivity contribution in [2.45, 2.75) is 43.8 Å². The zero-order valence-electron chi connectivity index (χ0n) is 23.3. The molecule has 0 saturated heterocycles. The van der Waals surface area contributed by atoms with E-state index in [-0.39, 0.29) is 18.2 Å². The van der Waals surface area contributed by atoms with Crippen molar-refractivity contribution in [2.75, 3.05) is 4.72 Å². The van der Waals surface area contributed by atoms with Crippen LogP contribution in [0.2, 0.25) is 0 Å². The average Bonchev–Trinajstić information content (AvgIpc) is 3.36. The number of rotatable bonds is 11. The minimum atomic E-state index is -4.70. The number of nitrogens with one attached hydrogen (secondary N) is 2. The molecule has 0 aliphatic rings. The molecular formula is C29H30BF3N4O5S. The van der Waals surface area contributed by atoms with Gasteiger partial charge in [0.15, 0.2) is 0 Å². The SMILES string of the molecule is CC(C)C[C@H](NC(=O)Cn1nc(-c2cccc(NS(=O)(=O)c3cccc(C(F)(F)F)c3)c2)cc1-c1ccccc1)B(O)O. The van der Waals surface area contributed by atoms with Gasteiger partial charge < -0.3 is 15.4 Å². The van der Waals surface area contributed by atoms with Crippen LogP contribution in [0.25, 0.3) is 22.5 Å². The van der Waals surface area contributed by atoms with Gasteiger partial charge in [0.05, 0.1) is 27.8 Å². The third-order valence-corrected chi connectivity index (χ3v) is 7.84. The predicted octanol–water partition coefficient (Wildman–Crippen LogP) is 4.58. The molecule has 0 aliphatic heterocycles. The van der Waals surface area contributed by atoms with Crippen molar-refractivity contribution in [3.05, 3.63) is 90.5 Å². The van der Waals surface area contributed by atoms with Crippen LogP contribution in [0, 0.1) is 5.92 Å². The molecule has 1 atom stereocenters. The molecule has 4 rings (SSSR count). The highest BCUT2D eigenvalue weighted by atomic mass is 32.2. The molecule has 0 radical (unpaired) electrons. The molecule has 226 valence electrons. The Bertz CT molecular complexity index is 1680. The van der Waals surface area contributed by atoms with Gasteiger partial charge in [-0.3, -0.25) is 14.2 Å². The highest BCUT2D eigenvalue weighted by Gasteiger charge is 2.32. The summed E-state index contributed by atoms with van der Waals surface area (Å²) in [4.78, 5) is 12.4. The van der Waals surface area contributed by atoms with Crippen LogP contribution in [0.4, 0.5) is 18.9 Å². The van der Waals surface area contributed by atoms with Crippen molar-refractivity contribution in [2.24, 2.45) is 5.92 Å². The van der Waals surface area contributed by atoms with Crippen LogP contribution in [-0.4, -0.2) is 47.2 Å². The maximum absolute atomic E-state index is 13.1. The van der Waals surface area contributed by atoms with Gasteiger partial charge in [-0.05, 0) is 54.3 Å². The number of nitrogens with zero attached hydrogens (tertiary/aromatic N) is 2. The summed E-state index contributed by atoms with van der Waals surface area (Å²) < 4.78 is 69.0. The van der Waals surface area contributed by atoms with Crippen molar-refractivity contribution in [3.8, 4) is 22.5 Å². The summed E-state index contributed by atoms with van der Waals surface area (Å²) in [7, 11) is -6.09. The second-order valence-electron chi connectivity index (χ2n) is 10.4. The lowest BCUT2D eigenvalue weighted by molar-refractivity contribution is -0.137. The van der Waals surface area contributed by atoms with Crippen molar-refractivity contribution in [1.29, 1.82) is 0 Å². The van der Waals surface area contributed by atoms with Gasteiger partial charge in [-0.1, -0.05) is 62.4 Å². The summed E-state index contributed by atoms with van der Waals surface area (Å²) >= 11 is 0. The molecule has 0 spiro atoms. The predicted molar refractivity (Wildman–Crippen MR) is 157 cm³/mol. The molecule has 4 aromatic rings. The second kappa shape index (κ2) is 13.0. The molecule has 0 bridgehead atoms. The van der Waals surface area contributed by atoms with Crippen LogP contribution in [0.3, 0.4) is 0 Å². The first-order chi connectivity index (χ1) is 20.2. The van der Waals surface area contributed by atoms with E-state index in [0.717, 1.165) is 23.8 Å². The molecule has 9 nitrogen and oxygen atoms in total. The number of hydrogen-bond donors (Lipinski definition) is 4. The Morgan fingerprint density at radius 3 is 2.28 bits per heavy atom. The third-order valence-electron chi connectivity index (χ3n) is 6.46. The molecule has 1 amide bonds. The molecule has 1 heterocycles. The highest BCUT2D eigenvalue weighted by Crippen LogP contribution is 2.32. The van der Waals surface area contributed by atoms with Crippen LogP contribution in [0.1, 0.15) is 25.8 Å². The third kappa shape index (κ3) is 8.24. The van der Waals surface area contributed by atoms with Gasteiger partial charge >= 0.3 is 13.3 Å². The Labute approximate surface area is 247 Å². The fourth-order valence-corrected chi connectivity index (χ4v) is 5.56. The Kier molecular flexibility index (Phi) is 9.63. The minimum Gasteiger partial charge on any atom is -0.426 e. The number of halogens is 3. The number of sulfonamides is 1. The maximum Gasteiger partial charge on any atom is 0.475 e. The zero-order valence-corrected chi connectivity index (χ0v) is 24.1. The molecule has 14 heteroatoms. The lowest BCUT2D eigenvalue weighted by Gasteiger charge is -2.20. The Balaban J connectivity index is 1.63. The average molecular weight is 614 g/mol. The van der Waals surface area contributed by atoms with Gasteiger partial charge in [-0.2, -0.15) is 18.3 Å². The van der Waals surface area contributed by atoms with E-state index < -0.39 is 45.6 Å². The smallest absolute Gasteiger partial charge is 0.426 e. The summed E-state index contributed by atoms with van der Waals surface area (Å²) in [5, 5.41) is 26.6. The van der Waals surface area contributed by atoms with E-state index in [2.05, 4.69) is 15.1 Å². The van der Waals surface area contributed by atoms with Gasteiger partial charge in [0.25, 0.3) is 10.0 Å². The Morgan fingerprint density at radius 2 is 1.63 bits per heavy atom. The van der Waals surface area contributed by atoms with Crippen LogP contribution in [-0.2, 0) is 27.5 Å². The van der Waals surface area contributed by atoms with Crippen molar-refractivity contribution in [3.63, 3.8) is 0 Å². The van der Waals surface area contributed by atoms with Gasteiger partial charge in [0.1, 0.15) is 6.54 Å². The number of carbonyl (C=O) groups is 1. The first-order valence-electron chi connectivity index (χ1n) is 13.3. The van der Waals surface area contributed by atoms with Crippen LogP contribution >= 0.6 is 0 Å². The van der Waals surface area contributed by atoms with E-state index in [1.807, 2.05) is 44.2 Å². The number of amides is 1. The van der Waals surface area contributed by atoms with Gasteiger partial charge in [0.2, 0.25) is 5.91 Å². The van der Waals surface area contributed by atoms with E-state index in [4.69, 9.17) is 0 Å². The number of aromatic nitrogens is 2. The van der Waals surface area contributed by atoms with E-state index in [1.165, 1.54) is 16.8 Å². The second-order valence-corrected chi connectivity index (χ2v) is 12.0. The number of carbonyl (C=O) groups excluding carboxylic acids is 1.